The lowest BCUT2D eigenvalue weighted by Gasteiger charge is -2.19. The third-order valence-corrected chi connectivity index (χ3v) is 3.94. The Morgan fingerprint density at radius 2 is 2.17 bits per heavy atom. The van der Waals surface area contributed by atoms with E-state index in [0.29, 0.717) is 6.54 Å². The fraction of sp³-hybridized carbons (Fsp3) is 0.462. The van der Waals surface area contributed by atoms with Crippen molar-refractivity contribution < 1.29 is 4.79 Å². The van der Waals surface area contributed by atoms with Gasteiger partial charge in [0.2, 0.25) is 5.91 Å². The molecule has 0 spiro atoms. The molecule has 5 heteroatoms. The highest BCUT2D eigenvalue weighted by molar-refractivity contribution is 9.10. The maximum absolute atomic E-state index is 11.8. The Balaban J connectivity index is 2.04. The van der Waals surface area contributed by atoms with Crippen LogP contribution in [0.25, 0.3) is 0 Å². The molecule has 1 aliphatic rings. The standard InChI is InChI=1S/C13H18BrN3O/c1-16-5-2-6-17(9-13(16)18)8-10-3-4-11(14)12(15)7-10/h3-4,7H,2,5-6,8-9,15H2,1H3. The van der Waals surface area contributed by atoms with Crippen LogP contribution in [0.4, 0.5) is 5.69 Å². The summed E-state index contributed by atoms with van der Waals surface area (Å²) in [6.45, 7) is 3.06. The van der Waals surface area contributed by atoms with Crippen molar-refractivity contribution in [2.45, 2.75) is 13.0 Å². The SMILES string of the molecule is CN1CCCN(Cc2ccc(Br)c(N)c2)CC1=O. The number of likely N-dealkylation sites (N-methyl/N-ethyl adjacent to an activating group) is 1. The van der Waals surface area contributed by atoms with E-state index in [2.05, 4.69) is 20.8 Å². The van der Waals surface area contributed by atoms with Gasteiger partial charge in [-0.3, -0.25) is 9.69 Å². The average molecular weight is 312 g/mol. The molecule has 1 heterocycles. The summed E-state index contributed by atoms with van der Waals surface area (Å²) in [6, 6.07) is 5.96. The molecule has 0 atom stereocenters. The lowest BCUT2D eigenvalue weighted by Crippen LogP contribution is -2.34. The van der Waals surface area contributed by atoms with Crippen LogP contribution in [0.15, 0.2) is 22.7 Å². The van der Waals surface area contributed by atoms with Gasteiger partial charge in [0.05, 0.1) is 6.54 Å². The Bertz CT molecular complexity index is 450. The highest BCUT2D eigenvalue weighted by atomic mass is 79.9. The first-order valence-corrected chi connectivity index (χ1v) is 6.86. The molecule has 4 nitrogen and oxygen atoms in total. The molecule has 1 aromatic carbocycles. The van der Waals surface area contributed by atoms with E-state index in [1.807, 2.05) is 25.2 Å². The van der Waals surface area contributed by atoms with E-state index in [0.717, 1.165) is 41.8 Å². The molecule has 1 saturated heterocycles. The first-order valence-electron chi connectivity index (χ1n) is 6.06. The predicted octanol–water partition coefficient (Wildman–Crippen LogP) is 1.70. The van der Waals surface area contributed by atoms with Crippen molar-refractivity contribution >= 4 is 27.5 Å². The number of carbonyl (C=O) groups is 1. The maximum Gasteiger partial charge on any atom is 0.236 e. The van der Waals surface area contributed by atoms with Crippen molar-refractivity contribution in [3.63, 3.8) is 0 Å². The van der Waals surface area contributed by atoms with Gasteiger partial charge in [-0.15, -0.1) is 0 Å². The maximum atomic E-state index is 11.8. The summed E-state index contributed by atoms with van der Waals surface area (Å²) in [5.74, 6) is 0.192. The van der Waals surface area contributed by atoms with E-state index in [-0.39, 0.29) is 5.91 Å². The predicted molar refractivity (Wildman–Crippen MR) is 76.1 cm³/mol. The Morgan fingerprint density at radius 1 is 1.39 bits per heavy atom. The monoisotopic (exact) mass is 311 g/mol. The van der Waals surface area contributed by atoms with Crippen LogP contribution >= 0.6 is 15.9 Å². The smallest absolute Gasteiger partial charge is 0.236 e. The Kier molecular flexibility index (Phi) is 4.24. The number of nitrogens with two attached hydrogens (primary N) is 1. The first kappa shape index (κ1) is 13.4. The van der Waals surface area contributed by atoms with Gasteiger partial charge >= 0.3 is 0 Å². The highest BCUT2D eigenvalue weighted by Crippen LogP contribution is 2.21. The molecule has 18 heavy (non-hydrogen) atoms. The molecule has 1 amide bonds. The quantitative estimate of drug-likeness (QED) is 0.846. The van der Waals surface area contributed by atoms with Crippen molar-refractivity contribution in [3.05, 3.63) is 28.2 Å². The molecule has 2 N–H and O–H groups in total. The number of halogens is 1. The van der Waals surface area contributed by atoms with Gasteiger partial charge in [-0.2, -0.15) is 0 Å². The van der Waals surface area contributed by atoms with Crippen molar-refractivity contribution in [1.82, 2.24) is 9.80 Å². The zero-order valence-electron chi connectivity index (χ0n) is 10.5. The van der Waals surface area contributed by atoms with Crippen molar-refractivity contribution in [2.75, 3.05) is 32.4 Å². The van der Waals surface area contributed by atoms with Crippen molar-refractivity contribution in [1.29, 1.82) is 0 Å². The number of amides is 1. The van der Waals surface area contributed by atoms with Crippen LogP contribution in [0.3, 0.4) is 0 Å². The molecule has 98 valence electrons. The highest BCUT2D eigenvalue weighted by Gasteiger charge is 2.18. The van der Waals surface area contributed by atoms with Crippen molar-refractivity contribution in [2.24, 2.45) is 0 Å². The summed E-state index contributed by atoms with van der Waals surface area (Å²) in [4.78, 5) is 15.8. The summed E-state index contributed by atoms with van der Waals surface area (Å²) < 4.78 is 0.915. The molecule has 2 rings (SSSR count). The molecule has 1 aliphatic heterocycles. The van der Waals surface area contributed by atoms with Crippen LogP contribution in [-0.4, -0.2) is 42.4 Å². The molecule has 0 saturated carbocycles. The Morgan fingerprint density at radius 3 is 2.89 bits per heavy atom. The fourth-order valence-corrected chi connectivity index (χ4v) is 2.38. The van der Waals surface area contributed by atoms with Gasteiger partial charge in [-0.05, 0) is 40.0 Å². The first-order chi connectivity index (χ1) is 8.56. The summed E-state index contributed by atoms with van der Waals surface area (Å²) in [5.41, 5.74) is 7.75. The molecule has 0 aromatic heterocycles. The number of nitrogens with zero attached hydrogens (tertiary/aromatic N) is 2. The number of nitrogen functional groups attached to an aromatic ring is 1. The molecule has 1 fully saturated rings. The second-order valence-electron chi connectivity index (χ2n) is 4.74. The molecule has 0 unspecified atom stereocenters. The van der Waals surface area contributed by atoms with E-state index in [1.165, 1.54) is 0 Å². The largest absolute Gasteiger partial charge is 0.398 e. The third-order valence-electron chi connectivity index (χ3n) is 3.22. The van der Waals surface area contributed by atoms with Crippen LogP contribution in [0.1, 0.15) is 12.0 Å². The number of anilines is 1. The molecule has 0 radical (unpaired) electrons. The summed E-state index contributed by atoms with van der Waals surface area (Å²) in [6.07, 6.45) is 1.02. The zero-order chi connectivity index (χ0) is 13.1. The van der Waals surface area contributed by atoms with Crippen LogP contribution in [0, 0.1) is 0 Å². The number of benzene rings is 1. The summed E-state index contributed by atoms with van der Waals surface area (Å²) in [5, 5.41) is 0. The lowest BCUT2D eigenvalue weighted by atomic mass is 10.2. The number of carbonyl (C=O) groups excluding carboxylic acids is 1. The number of rotatable bonds is 2. The second kappa shape index (κ2) is 5.71. The van der Waals surface area contributed by atoms with E-state index in [1.54, 1.807) is 4.90 Å². The minimum Gasteiger partial charge on any atom is -0.398 e. The van der Waals surface area contributed by atoms with E-state index in [9.17, 15) is 4.79 Å². The van der Waals surface area contributed by atoms with Gasteiger partial charge in [-0.1, -0.05) is 6.07 Å². The van der Waals surface area contributed by atoms with Crippen LogP contribution in [0.2, 0.25) is 0 Å². The van der Waals surface area contributed by atoms with Gasteiger partial charge in [0.15, 0.2) is 0 Å². The third kappa shape index (κ3) is 3.23. The van der Waals surface area contributed by atoms with Crippen molar-refractivity contribution in [3.8, 4) is 0 Å². The minimum absolute atomic E-state index is 0.192. The number of hydrogen-bond acceptors (Lipinski definition) is 3. The van der Waals surface area contributed by atoms with Gasteiger partial charge in [0.1, 0.15) is 0 Å². The lowest BCUT2D eigenvalue weighted by molar-refractivity contribution is -0.129. The summed E-state index contributed by atoms with van der Waals surface area (Å²) >= 11 is 3.39. The van der Waals surface area contributed by atoms with Crippen LogP contribution < -0.4 is 5.73 Å². The average Bonchev–Trinajstić information content (AvgIpc) is 2.47. The van der Waals surface area contributed by atoms with E-state index < -0.39 is 0 Å². The topological polar surface area (TPSA) is 49.6 Å². The molecule has 1 aromatic rings. The number of hydrogen-bond donors (Lipinski definition) is 1. The minimum atomic E-state index is 0.192. The van der Waals surface area contributed by atoms with Gasteiger partial charge in [0, 0.05) is 36.8 Å². The second-order valence-corrected chi connectivity index (χ2v) is 5.59. The molecule has 0 bridgehead atoms. The Labute approximate surface area is 116 Å². The summed E-state index contributed by atoms with van der Waals surface area (Å²) in [7, 11) is 1.86. The zero-order valence-corrected chi connectivity index (χ0v) is 12.1. The fourth-order valence-electron chi connectivity index (χ4n) is 2.13. The van der Waals surface area contributed by atoms with Crippen LogP contribution in [0.5, 0.6) is 0 Å². The van der Waals surface area contributed by atoms with E-state index in [4.69, 9.17) is 5.73 Å². The normalized spacial score (nSPS) is 17.9. The van der Waals surface area contributed by atoms with E-state index >= 15 is 0 Å². The van der Waals surface area contributed by atoms with Gasteiger partial charge in [0.25, 0.3) is 0 Å². The van der Waals surface area contributed by atoms with Gasteiger partial charge < -0.3 is 10.6 Å². The Hall–Kier alpha value is -1.07. The van der Waals surface area contributed by atoms with Crippen LogP contribution in [-0.2, 0) is 11.3 Å². The van der Waals surface area contributed by atoms with Gasteiger partial charge in [-0.25, -0.2) is 0 Å². The molecule has 0 aliphatic carbocycles. The molecular weight excluding hydrogens is 294 g/mol. The molecular formula is C13H18BrN3O.